The van der Waals surface area contributed by atoms with Gasteiger partial charge in [0.15, 0.2) is 0 Å². The van der Waals surface area contributed by atoms with Gasteiger partial charge < -0.3 is 9.88 Å². The van der Waals surface area contributed by atoms with Gasteiger partial charge in [-0.05, 0) is 62.9 Å². The molecule has 0 saturated carbocycles. The number of rotatable bonds is 9. The van der Waals surface area contributed by atoms with Crippen LogP contribution in [0.15, 0.2) is 24.3 Å². The van der Waals surface area contributed by atoms with E-state index in [2.05, 4.69) is 45.3 Å². The fraction of sp³-hybridized carbons (Fsp3) is 0.545. The van der Waals surface area contributed by atoms with Crippen LogP contribution in [0.2, 0.25) is 0 Å². The second-order valence-corrected chi connectivity index (χ2v) is 16.0. The smallest absolute Gasteiger partial charge is 0.367 e. The molecule has 1 atom stereocenters. The monoisotopic (exact) mass is 702 g/mol. The predicted octanol–water partition coefficient (Wildman–Crippen LogP) is 5.63. The molecule has 4 aromatic rings. The van der Waals surface area contributed by atoms with Crippen molar-refractivity contribution in [3.63, 3.8) is 0 Å². The second-order valence-electron chi connectivity index (χ2n) is 13.0. The highest BCUT2D eigenvalue weighted by Crippen LogP contribution is 2.34. The van der Waals surface area contributed by atoms with E-state index in [1.54, 1.807) is 13.0 Å². The van der Waals surface area contributed by atoms with Crippen LogP contribution in [0.5, 0.6) is 0 Å². The van der Waals surface area contributed by atoms with Crippen molar-refractivity contribution in [1.82, 2.24) is 28.6 Å². The number of likely N-dealkylation sites (tertiary alicyclic amines) is 1. The molecule has 5 heterocycles. The van der Waals surface area contributed by atoms with Crippen LogP contribution in [0, 0.1) is 25.2 Å². The fourth-order valence-corrected chi connectivity index (χ4v) is 9.76. The number of hydrogen-bond acceptors (Lipinski definition) is 9. The molecule has 15 heteroatoms. The van der Waals surface area contributed by atoms with Gasteiger partial charge in [-0.1, -0.05) is 13.0 Å². The highest BCUT2D eigenvalue weighted by molar-refractivity contribution is 7.89. The minimum absolute atomic E-state index is 0.0155. The molecule has 0 bridgehead atoms. The summed E-state index contributed by atoms with van der Waals surface area (Å²) in [5.41, 5.74) is 3.84. The van der Waals surface area contributed by atoms with Gasteiger partial charge in [0.2, 0.25) is 10.0 Å². The molecule has 2 fully saturated rings. The molecular weight excluding hydrogens is 662 g/mol. The number of sulfonamides is 1. The predicted molar refractivity (Wildman–Crippen MR) is 182 cm³/mol. The summed E-state index contributed by atoms with van der Waals surface area (Å²) in [4.78, 5) is 14.1. The lowest BCUT2D eigenvalue weighted by atomic mass is 10.0. The maximum atomic E-state index is 13.0. The van der Waals surface area contributed by atoms with Crippen molar-refractivity contribution in [2.75, 3.05) is 43.9 Å². The summed E-state index contributed by atoms with van der Waals surface area (Å²) in [5.74, 6) is 1.11. The molecule has 1 N–H and O–H groups in total. The number of nitrogens with zero attached hydrogens (tertiary/aromatic N) is 7. The van der Waals surface area contributed by atoms with Crippen molar-refractivity contribution >= 4 is 48.3 Å². The highest BCUT2D eigenvalue weighted by atomic mass is 32.2. The van der Waals surface area contributed by atoms with E-state index in [4.69, 9.17) is 0 Å². The van der Waals surface area contributed by atoms with E-state index in [1.165, 1.54) is 9.87 Å². The van der Waals surface area contributed by atoms with Gasteiger partial charge in [-0.2, -0.15) is 22.7 Å². The number of thiophene rings is 1. The average molecular weight is 703 g/mol. The lowest BCUT2D eigenvalue weighted by Crippen LogP contribution is -2.53. The Morgan fingerprint density at radius 3 is 2.52 bits per heavy atom. The van der Waals surface area contributed by atoms with Crippen molar-refractivity contribution in [3.05, 3.63) is 51.8 Å². The summed E-state index contributed by atoms with van der Waals surface area (Å²) in [6.45, 7) is 12.3. The van der Waals surface area contributed by atoms with Crippen LogP contribution >= 0.6 is 11.3 Å². The van der Waals surface area contributed by atoms with Crippen LogP contribution in [0.25, 0.3) is 21.1 Å². The summed E-state index contributed by atoms with van der Waals surface area (Å²) >= 11 is 1.07. The largest absolute Gasteiger partial charge is 0.393 e. The molecule has 0 aliphatic carbocycles. The number of benzene rings is 1. The number of piperidine rings is 1. The number of aryl methyl sites for hydroxylation is 2. The minimum Gasteiger partial charge on any atom is -0.367 e. The molecule has 2 aliphatic rings. The van der Waals surface area contributed by atoms with Gasteiger partial charge in [0.05, 0.1) is 11.8 Å². The van der Waals surface area contributed by atoms with E-state index in [9.17, 15) is 26.9 Å². The summed E-state index contributed by atoms with van der Waals surface area (Å²) < 4.78 is 68.0. The zero-order valence-corrected chi connectivity index (χ0v) is 29.3. The minimum atomic E-state index is -4.27. The third-order valence-corrected chi connectivity index (χ3v) is 12.5. The number of halogens is 3. The van der Waals surface area contributed by atoms with Crippen LogP contribution < -0.4 is 5.32 Å². The lowest BCUT2D eigenvalue weighted by molar-refractivity contribution is -0.126. The Hall–Kier alpha value is -3.29. The van der Waals surface area contributed by atoms with E-state index in [0.717, 1.165) is 60.3 Å². The Kier molecular flexibility index (Phi) is 9.76. The van der Waals surface area contributed by atoms with Crippen molar-refractivity contribution in [2.24, 2.45) is 0 Å². The number of nitrogens with one attached hydrogen (secondary N) is 1. The van der Waals surface area contributed by atoms with E-state index in [0.29, 0.717) is 53.7 Å². The molecule has 2 saturated heterocycles. The molecule has 0 amide bonds. The fourth-order valence-electron chi connectivity index (χ4n) is 6.94. The maximum absolute atomic E-state index is 13.0. The van der Waals surface area contributed by atoms with Crippen molar-refractivity contribution in [1.29, 1.82) is 5.26 Å². The summed E-state index contributed by atoms with van der Waals surface area (Å²) in [6, 6.07) is 10.1. The zero-order valence-electron chi connectivity index (χ0n) is 27.6. The molecule has 10 nitrogen and oxygen atoms in total. The Morgan fingerprint density at radius 2 is 1.85 bits per heavy atom. The van der Waals surface area contributed by atoms with Gasteiger partial charge >= 0.3 is 6.18 Å². The van der Waals surface area contributed by atoms with Crippen LogP contribution in [-0.2, 0) is 29.5 Å². The normalized spacial score (nSPS) is 19.2. The first-order valence-corrected chi connectivity index (χ1v) is 18.7. The number of nitriles is 1. The van der Waals surface area contributed by atoms with Crippen LogP contribution in [0.3, 0.4) is 0 Å². The molecular formula is C33H41F3N8O2S2. The number of aromatic nitrogens is 3. The number of alkyl halides is 3. The van der Waals surface area contributed by atoms with Gasteiger partial charge in [-0.3, -0.25) is 9.80 Å². The van der Waals surface area contributed by atoms with Crippen molar-refractivity contribution < 1.29 is 21.6 Å². The molecule has 1 aromatic carbocycles. The Labute approximate surface area is 283 Å². The molecule has 0 unspecified atom stereocenters. The second kappa shape index (κ2) is 13.5. The van der Waals surface area contributed by atoms with Gasteiger partial charge in [0, 0.05) is 73.7 Å². The lowest BCUT2D eigenvalue weighted by Gasteiger charge is -2.37. The van der Waals surface area contributed by atoms with Gasteiger partial charge in [0.1, 0.15) is 34.1 Å². The average Bonchev–Trinajstić information content (AvgIpc) is 3.58. The molecule has 2 aliphatic heterocycles. The number of hydrogen-bond donors (Lipinski definition) is 1. The first-order valence-electron chi connectivity index (χ1n) is 16.3. The first-order chi connectivity index (χ1) is 22.7. The van der Waals surface area contributed by atoms with E-state index < -0.39 is 22.6 Å². The SMILES string of the molecule is CCN1CCN([C@@H](C)Cn2c(C#N)cc3c(C)c(CN4CCC(Nc5nc(C)nc6sc(CC(F)(F)F)cc56)CC4)ccc32)CS1(=O)=O. The molecule has 3 aromatic heterocycles. The molecule has 48 heavy (non-hydrogen) atoms. The Balaban J connectivity index is 1.11. The number of likely N-dealkylation sites (N-methyl/N-ethyl adjacent to an activating group) is 1. The summed E-state index contributed by atoms with van der Waals surface area (Å²) in [5, 5.41) is 15.2. The van der Waals surface area contributed by atoms with Crippen LogP contribution in [-0.4, -0.2) is 93.9 Å². The van der Waals surface area contributed by atoms with Gasteiger partial charge in [-0.25, -0.2) is 18.4 Å². The zero-order chi connectivity index (χ0) is 34.4. The maximum Gasteiger partial charge on any atom is 0.393 e. The Bertz CT molecular complexity index is 1960. The van der Waals surface area contributed by atoms with Crippen LogP contribution in [0.4, 0.5) is 19.0 Å². The van der Waals surface area contributed by atoms with E-state index >= 15 is 0 Å². The Morgan fingerprint density at radius 1 is 1.10 bits per heavy atom. The topological polar surface area (TPSA) is 110 Å². The third-order valence-electron chi connectivity index (χ3n) is 9.62. The standard InChI is InChI=1S/C33H41F3N8O2S2/c1-5-43-13-12-42(20-48(43,45)46)21(2)18-44-26(17-37)14-28-22(3)24(6-7-30(28)44)19-41-10-8-25(9-11-41)40-31-29-15-27(16-33(34,35)36)47-32(29)39-23(4)38-31/h6-7,14-15,21,25H,5,8-13,16,18-20H2,1-4H3,(H,38,39,40)/t21-/m0/s1. The van der Waals surface area contributed by atoms with E-state index in [-0.39, 0.29) is 22.8 Å². The highest BCUT2D eigenvalue weighted by Gasteiger charge is 2.32. The first kappa shape index (κ1) is 34.6. The van der Waals surface area contributed by atoms with Crippen molar-refractivity contribution in [3.8, 4) is 6.07 Å². The summed E-state index contributed by atoms with van der Waals surface area (Å²) in [6.07, 6.45) is -3.52. The number of fused-ring (bicyclic) bond motifs is 2. The quantitative estimate of drug-likeness (QED) is 0.239. The van der Waals surface area contributed by atoms with Crippen LogP contribution in [0.1, 0.15) is 54.2 Å². The summed E-state index contributed by atoms with van der Waals surface area (Å²) in [7, 11) is -3.33. The molecule has 258 valence electrons. The molecule has 0 spiro atoms. The van der Waals surface area contributed by atoms with Crippen molar-refractivity contribution in [2.45, 2.75) is 78.3 Å². The molecule has 6 rings (SSSR count). The van der Waals surface area contributed by atoms with E-state index in [1.807, 2.05) is 29.4 Å². The third kappa shape index (κ3) is 7.33. The molecule has 0 radical (unpaired) electrons. The van der Waals surface area contributed by atoms with Gasteiger partial charge in [-0.15, -0.1) is 11.3 Å². The number of anilines is 1. The van der Waals surface area contributed by atoms with Gasteiger partial charge in [0.25, 0.3) is 0 Å².